The van der Waals surface area contributed by atoms with Crippen LogP contribution in [0, 0.1) is 6.92 Å². The number of nitrogens with one attached hydrogen (secondary N) is 1. The van der Waals surface area contributed by atoms with Crippen molar-refractivity contribution in [1.82, 2.24) is 20.3 Å². The number of oxazole rings is 1. The molecule has 10 heteroatoms. The minimum atomic E-state index is -4.54. The summed E-state index contributed by atoms with van der Waals surface area (Å²) >= 11 is 0. The van der Waals surface area contributed by atoms with Crippen LogP contribution >= 0.6 is 0 Å². The van der Waals surface area contributed by atoms with Crippen molar-refractivity contribution in [3.63, 3.8) is 0 Å². The molecule has 1 amide bonds. The summed E-state index contributed by atoms with van der Waals surface area (Å²) in [5.41, 5.74) is 6.27. The van der Waals surface area contributed by atoms with Crippen molar-refractivity contribution in [2.75, 3.05) is 12.3 Å². The van der Waals surface area contributed by atoms with Gasteiger partial charge in [0.2, 0.25) is 0 Å². The van der Waals surface area contributed by atoms with E-state index in [2.05, 4.69) is 20.3 Å². The van der Waals surface area contributed by atoms with Gasteiger partial charge in [-0.1, -0.05) is 24.6 Å². The van der Waals surface area contributed by atoms with Crippen molar-refractivity contribution >= 4 is 11.7 Å². The number of hydrogen-bond acceptors (Lipinski definition) is 6. The zero-order valence-corrected chi connectivity index (χ0v) is 16.4. The smallest absolute Gasteiger partial charge is 0.416 e. The third-order valence-electron chi connectivity index (χ3n) is 4.65. The molecule has 3 rings (SSSR count). The van der Waals surface area contributed by atoms with Gasteiger partial charge < -0.3 is 15.5 Å². The Morgan fingerprint density at radius 2 is 2.10 bits per heavy atom. The number of nitrogen functional groups attached to an aromatic ring is 1. The molecule has 1 aliphatic rings. The minimum Gasteiger partial charge on any atom is -0.442 e. The Hall–Kier alpha value is -3.43. The number of carbonyl (C=O) groups excluding carboxylic acids is 1. The molecule has 30 heavy (non-hydrogen) atoms. The van der Waals surface area contributed by atoms with E-state index in [1.807, 2.05) is 0 Å². The summed E-state index contributed by atoms with van der Waals surface area (Å²) in [4.78, 5) is 24.7. The molecule has 3 N–H and O–H groups in total. The van der Waals surface area contributed by atoms with Crippen LogP contribution in [0.2, 0.25) is 0 Å². The number of aryl methyl sites for hydroxylation is 1. The predicted molar refractivity (Wildman–Crippen MR) is 104 cm³/mol. The van der Waals surface area contributed by atoms with Crippen LogP contribution < -0.4 is 11.1 Å². The maximum Gasteiger partial charge on any atom is 0.416 e. The summed E-state index contributed by atoms with van der Waals surface area (Å²) in [5, 5.41) is 2.50. The number of nitrogens with two attached hydrogens (primary N) is 1. The standard InChI is InChI=1S/C20H20F3N5O2/c1-3-12-6-4-5-7-14(20(21,22)23)13(12)8-26-19(29)17-18(24)28-16(11(2)27-17)15-9-25-10-30-15/h4-5,7,9-10H,3,6,8H2,1-2H3,(H2,24,28)(H,26,29). The predicted octanol–water partition coefficient (Wildman–Crippen LogP) is 3.91. The average molecular weight is 419 g/mol. The van der Waals surface area contributed by atoms with E-state index in [-0.39, 0.29) is 23.6 Å². The Kier molecular flexibility index (Phi) is 6.04. The average Bonchev–Trinajstić information content (AvgIpc) is 3.13. The maximum atomic E-state index is 13.5. The zero-order valence-electron chi connectivity index (χ0n) is 16.4. The molecule has 0 radical (unpaired) electrons. The fraction of sp³-hybridized carbons (Fsp3) is 0.300. The van der Waals surface area contributed by atoms with Crippen molar-refractivity contribution < 1.29 is 22.4 Å². The number of carbonyl (C=O) groups is 1. The lowest BCUT2D eigenvalue weighted by Crippen LogP contribution is -2.30. The Labute approximate surface area is 170 Å². The quantitative estimate of drug-likeness (QED) is 0.761. The molecule has 0 spiro atoms. The van der Waals surface area contributed by atoms with Crippen LogP contribution in [-0.2, 0) is 0 Å². The second-order valence-electron chi connectivity index (χ2n) is 6.59. The first-order chi connectivity index (χ1) is 14.2. The molecule has 0 fully saturated rings. The first-order valence-corrected chi connectivity index (χ1v) is 9.18. The molecule has 2 aromatic heterocycles. The van der Waals surface area contributed by atoms with Gasteiger partial charge in [0.1, 0.15) is 5.69 Å². The number of aromatic nitrogens is 3. The molecular weight excluding hydrogens is 399 g/mol. The Bertz CT molecular complexity index is 1040. The first kappa shape index (κ1) is 21.3. The summed E-state index contributed by atoms with van der Waals surface area (Å²) in [7, 11) is 0. The molecule has 7 nitrogen and oxygen atoms in total. The Morgan fingerprint density at radius 3 is 2.73 bits per heavy atom. The van der Waals surface area contributed by atoms with Crippen LogP contribution in [0.3, 0.4) is 0 Å². The van der Waals surface area contributed by atoms with Gasteiger partial charge in [-0.15, -0.1) is 0 Å². The molecule has 0 unspecified atom stereocenters. The van der Waals surface area contributed by atoms with Gasteiger partial charge in [0, 0.05) is 6.54 Å². The zero-order chi connectivity index (χ0) is 21.9. The summed E-state index contributed by atoms with van der Waals surface area (Å²) in [6, 6.07) is 0. The highest BCUT2D eigenvalue weighted by Crippen LogP contribution is 2.35. The molecule has 2 aromatic rings. The van der Waals surface area contributed by atoms with E-state index in [0.717, 1.165) is 6.08 Å². The molecule has 0 saturated carbocycles. The fourth-order valence-corrected chi connectivity index (χ4v) is 3.15. The fourth-order valence-electron chi connectivity index (χ4n) is 3.15. The highest BCUT2D eigenvalue weighted by molar-refractivity contribution is 5.96. The van der Waals surface area contributed by atoms with E-state index in [4.69, 9.17) is 10.2 Å². The van der Waals surface area contributed by atoms with Crippen LogP contribution in [0.4, 0.5) is 19.0 Å². The lowest BCUT2D eigenvalue weighted by molar-refractivity contribution is -0.0895. The van der Waals surface area contributed by atoms with Crippen LogP contribution in [0.15, 0.2) is 52.0 Å². The van der Waals surface area contributed by atoms with Crippen molar-refractivity contribution in [2.45, 2.75) is 32.9 Å². The molecule has 0 atom stereocenters. The van der Waals surface area contributed by atoms with Crippen molar-refractivity contribution in [3.05, 3.63) is 58.9 Å². The lowest BCUT2D eigenvalue weighted by Gasteiger charge is -2.19. The van der Waals surface area contributed by atoms with Crippen LogP contribution in [-0.4, -0.2) is 33.6 Å². The normalized spacial score (nSPS) is 14.5. The van der Waals surface area contributed by atoms with E-state index in [1.165, 1.54) is 18.7 Å². The van der Waals surface area contributed by atoms with Crippen molar-refractivity contribution in [1.29, 1.82) is 0 Å². The molecular formula is C20H20F3N5O2. The SMILES string of the molecule is CCC1=C(CNC(=O)c2nc(C)c(-c3cnco3)nc2N)C(C(F)(F)F)=CC=CC1. The van der Waals surface area contributed by atoms with E-state index >= 15 is 0 Å². The number of hydrogen-bond donors (Lipinski definition) is 2. The molecule has 0 aliphatic heterocycles. The van der Waals surface area contributed by atoms with Gasteiger partial charge >= 0.3 is 6.18 Å². The monoisotopic (exact) mass is 419 g/mol. The van der Waals surface area contributed by atoms with Gasteiger partial charge in [0.05, 0.1) is 17.5 Å². The van der Waals surface area contributed by atoms with E-state index in [0.29, 0.717) is 35.6 Å². The van der Waals surface area contributed by atoms with Gasteiger partial charge in [-0.3, -0.25) is 4.79 Å². The van der Waals surface area contributed by atoms with E-state index in [9.17, 15) is 18.0 Å². The highest BCUT2D eigenvalue weighted by Gasteiger charge is 2.37. The Balaban J connectivity index is 1.85. The van der Waals surface area contributed by atoms with E-state index in [1.54, 1.807) is 19.9 Å². The summed E-state index contributed by atoms with van der Waals surface area (Å²) in [6.07, 6.45) is 2.98. The Morgan fingerprint density at radius 1 is 1.33 bits per heavy atom. The van der Waals surface area contributed by atoms with Crippen molar-refractivity contribution in [2.24, 2.45) is 0 Å². The highest BCUT2D eigenvalue weighted by atomic mass is 19.4. The molecule has 0 saturated heterocycles. The third kappa shape index (κ3) is 4.42. The minimum absolute atomic E-state index is 0.0462. The van der Waals surface area contributed by atoms with Crippen LogP contribution in [0.25, 0.3) is 11.5 Å². The van der Waals surface area contributed by atoms with Gasteiger partial charge in [-0.05, 0) is 31.4 Å². The number of halogens is 3. The molecule has 2 heterocycles. The molecule has 1 aliphatic carbocycles. The van der Waals surface area contributed by atoms with Gasteiger partial charge in [-0.2, -0.15) is 13.2 Å². The number of allylic oxidation sites excluding steroid dienone is 4. The number of anilines is 1. The number of alkyl halides is 3. The third-order valence-corrected chi connectivity index (χ3v) is 4.65. The van der Waals surface area contributed by atoms with Crippen molar-refractivity contribution in [3.8, 4) is 11.5 Å². The van der Waals surface area contributed by atoms with Gasteiger partial charge in [-0.25, -0.2) is 15.0 Å². The lowest BCUT2D eigenvalue weighted by atomic mass is 9.96. The number of amides is 1. The maximum absolute atomic E-state index is 13.5. The largest absolute Gasteiger partial charge is 0.442 e. The summed E-state index contributed by atoms with van der Waals surface area (Å²) < 4.78 is 45.7. The van der Waals surface area contributed by atoms with Gasteiger partial charge in [0.15, 0.2) is 23.7 Å². The molecule has 0 bridgehead atoms. The van der Waals surface area contributed by atoms with E-state index < -0.39 is 17.7 Å². The topological polar surface area (TPSA) is 107 Å². The number of rotatable bonds is 5. The van der Waals surface area contributed by atoms with Crippen LogP contribution in [0.1, 0.15) is 35.9 Å². The number of nitrogens with zero attached hydrogens (tertiary/aromatic N) is 3. The second-order valence-corrected chi connectivity index (χ2v) is 6.59. The molecule has 0 aromatic carbocycles. The van der Waals surface area contributed by atoms with Crippen LogP contribution in [0.5, 0.6) is 0 Å². The summed E-state index contributed by atoms with van der Waals surface area (Å²) in [6.45, 7) is 3.08. The molecule has 158 valence electrons. The first-order valence-electron chi connectivity index (χ1n) is 9.18. The summed E-state index contributed by atoms with van der Waals surface area (Å²) in [5.74, 6) is -0.542. The van der Waals surface area contributed by atoms with Gasteiger partial charge in [0.25, 0.3) is 5.91 Å². The second kappa shape index (κ2) is 8.52.